The fourth-order valence-corrected chi connectivity index (χ4v) is 2.54. The van der Waals surface area contributed by atoms with E-state index in [1.807, 2.05) is 11.8 Å². The van der Waals surface area contributed by atoms with Crippen LogP contribution in [-0.4, -0.2) is 28.3 Å². The number of amides is 2. The maximum Gasteiger partial charge on any atom is 0.323 e. The van der Waals surface area contributed by atoms with Crippen LogP contribution in [0.4, 0.5) is 4.79 Å². The summed E-state index contributed by atoms with van der Waals surface area (Å²) in [7, 11) is 0. The van der Waals surface area contributed by atoms with Crippen LogP contribution >= 0.6 is 0 Å². The number of amidine groups is 1. The fourth-order valence-electron chi connectivity index (χ4n) is 2.54. The maximum absolute atomic E-state index is 11.7. The van der Waals surface area contributed by atoms with E-state index in [-0.39, 0.29) is 6.03 Å². The van der Waals surface area contributed by atoms with Crippen LogP contribution in [0.2, 0.25) is 0 Å². The summed E-state index contributed by atoms with van der Waals surface area (Å²) < 4.78 is 0. The van der Waals surface area contributed by atoms with E-state index in [4.69, 9.17) is 5.41 Å². The van der Waals surface area contributed by atoms with Crippen LogP contribution in [0.5, 0.6) is 0 Å². The largest absolute Gasteiger partial charge is 0.323 e. The summed E-state index contributed by atoms with van der Waals surface area (Å²) in [5.41, 5.74) is -0.396. The lowest BCUT2D eigenvalue weighted by Gasteiger charge is -2.34. The van der Waals surface area contributed by atoms with Gasteiger partial charge in [0.1, 0.15) is 5.84 Å². The van der Waals surface area contributed by atoms with Crippen LogP contribution in [0.25, 0.3) is 0 Å². The highest BCUT2D eigenvalue weighted by Gasteiger charge is 2.52. The van der Waals surface area contributed by atoms with Gasteiger partial charge in [-0.15, -0.1) is 0 Å². The van der Waals surface area contributed by atoms with Gasteiger partial charge in [0, 0.05) is 6.04 Å². The van der Waals surface area contributed by atoms with Crippen LogP contribution in [0, 0.1) is 11.3 Å². The topological polar surface area (TPSA) is 56.2 Å². The summed E-state index contributed by atoms with van der Waals surface area (Å²) in [5, 5.41) is 10.6. The number of carbonyl (C=O) groups excluding carboxylic acids is 1. The quantitative estimate of drug-likeness (QED) is 0.733. The summed E-state index contributed by atoms with van der Waals surface area (Å²) in [4.78, 5) is 13.6. The number of nitrogens with one attached hydrogen (secondary N) is 2. The number of nitrogens with zero attached hydrogens (tertiary/aromatic N) is 1. The summed E-state index contributed by atoms with van der Waals surface area (Å²) in [6.45, 7) is 6.27. The number of hydrogen-bond donors (Lipinski definition) is 2. The SMILES string of the molecule is CC(C)CC1(C)C(=N)NC(=O)N1C1CC1. The number of rotatable bonds is 3. The summed E-state index contributed by atoms with van der Waals surface area (Å²) >= 11 is 0. The van der Waals surface area contributed by atoms with Crippen molar-refractivity contribution in [1.82, 2.24) is 10.2 Å². The first-order valence-electron chi connectivity index (χ1n) is 5.64. The van der Waals surface area contributed by atoms with Crippen LogP contribution in [-0.2, 0) is 0 Å². The Labute approximate surface area is 90.5 Å². The molecule has 0 aromatic rings. The molecule has 0 aromatic carbocycles. The molecule has 2 aliphatic rings. The molecule has 84 valence electrons. The van der Waals surface area contributed by atoms with Crippen molar-refractivity contribution in [3.05, 3.63) is 0 Å². The Kier molecular flexibility index (Phi) is 2.24. The van der Waals surface area contributed by atoms with E-state index >= 15 is 0 Å². The van der Waals surface area contributed by atoms with E-state index in [1.54, 1.807) is 0 Å². The molecule has 1 atom stereocenters. The molecule has 4 nitrogen and oxygen atoms in total. The highest BCUT2D eigenvalue weighted by atomic mass is 16.2. The van der Waals surface area contributed by atoms with E-state index in [0.29, 0.717) is 17.8 Å². The average Bonchev–Trinajstić information content (AvgIpc) is 2.83. The molecule has 2 N–H and O–H groups in total. The Hall–Kier alpha value is -1.06. The van der Waals surface area contributed by atoms with E-state index in [2.05, 4.69) is 19.2 Å². The van der Waals surface area contributed by atoms with Gasteiger partial charge in [0.2, 0.25) is 0 Å². The van der Waals surface area contributed by atoms with Crippen molar-refractivity contribution in [2.24, 2.45) is 5.92 Å². The summed E-state index contributed by atoms with van der Waals surface area (Å²) in [6, 6.07) is 0.294. The van der Waals surface area contributed by atoms with Crippen LogP contribution < -0.4 is 5.32 Å². The van der Waals surface area contributed by atoms with Crippen molar-refractivity contribution in [2.75, 3.05) is 0 Å². The molecular weight excluding hydrogens is 190 g/mol. The van der Waals surface area contributed by atoms with Gasteiger partial charge in [-0.2, -0.15) is 0 Å². The van der Waals surface area contributed by atoms with Gasteiger partial charge in [0.15, 0.2) is 0 Å². The van der Waals surface area contributed by atoms with Crippen LogP contribution in [0.3, 0.4) is 0 Å². The zero-order valence-corrected chi connectivity index (χ0v) is 9.63. The highest BCUT2D eigenvalue weighted by Crippen LogP contribution is 2.38. The van der Waals surface area contributed by atoms with E-state index < -0.39 is 5.54 Å². The minimum atomic E-state index is -0.396. The van der Waals surface area contributed by atoms with Crippen molar-refractivity contribution in [3.63, 3.8) is 0 Å². The molecule has 1 aliphatic heterocycles. The number of urea groups is 1. The van der Waals surface area contributed by atoms with E-state index in [9.17, 15) is 4.79 Å². The Morgan fingerprint density at radius 1 is 1.60 bits per heavy atom. The molecule has 15 heavy (non-hydrogen) atoms. The zero-order chi connectivity index (χ0) is 11.2. The molecule has 1 heterocycles. The Morgan fingerprint density at radius 2 is 2.20 bits per heavy atom. The monoisotopic (exact) mass is 209 g/mol. The summed E-state index contributed by atoms with van der Waals surface area (Å²) in [5.74, 6) is 0.859. The maximum atomic E-state index is 11.7. The summed E-state index contributed by atoms with van der Waals surface area (Å²) in [6.07, 6.45) is 3.05. The molecule has 2 fully saturated rings. The van der Waals surface area contributed by atoms with Gasteiger partial charge in [0.25, 0.3) is 0 Å². The van der Waals surface area contributed by atoms with Gasteiger partial charge in [0.05, 0.1) is 5.54 Å². The average molecular weight is 209 g/mol. The third-order valence-corrected chi connectivity index (χ3v) is 3.24. The molecular formula is C11H19N3O. The normalized spacial score (nSPS) is 31.3. The van der Waals surface area contributed by atoms with Gasteiger partial charge in [-0.1, -0.05) is 13.8 Å². The molecule has 4 heteroatoms. The predicted octanol–water partition coefficient (Wildman–Crippen LogP) is 1.96. The van der Waals surface area contributed by atoms with Crippen LogP contribution in [0.1, 0.15) is 40.0 Å². The smallest absolute Gasteiger partial charge is 0.309 e. The molecule has 1 aliphatic carbocycles. The second-order valence-corrected chi connectivity index (χ2v) is 5.28. The lowest BCUT2D eigenvalue weighted by atomic mass is 9.89. The second-order valence-electron chi connectivity index (χ2n) is 5.28. The molecule has 0 radical (unpaired) electrons. The zero-order valence-electron chi connectivity index (χ0n) is 9.63. The lowest BCUT2D eigenvalue weighted by molar-refractivity contribution is 0.162. The molecule has 1 unspecified atom stereocenters. The minimum absolute atomic E-state index is 0.0781. The first-order valence-corrected chi connectivity index (χ1v) is 5.64. The lowest BCUT2D eigenvalue weighted by Crippen LogP contribution is -2.48. The molecule has 0 aromatic heterocycles. The van der Waals surface area contributed by atoms with Gasteiger partial charge in [-0.05, 0) is 32.1 Å². The standard InChI is InChI=1S/C11H19N3O/c1-7(2)6-11(3)9(12)13-10(15)14(11)8-4-5-8/h7-8H,4-6H2,1-3H3,(H2,12,13,15). The van der Waals surface area contributed by atoms with Gasteiger partial charge in [-0.25, -0.2) is 4.79 Å². The first-order chi connectivity index (χ1) is 6.95. The number of hydrogen-bond acceptors (Lipinski definition) is 2. The molecule has 0 spiro atoms. The first kappa shape index (κ1) is 10.5. The molecule has 1 saturated heterocycles. The molecule has 1 saturated carbocycles. The molecule has 2 amide bonds. The van der Waals surface area contributed by atoms with Crippen LogP contribution in [0.15, 0.2) is 0 Å². The fraction of sp³-hybridized carbons (Fsp3) is 0.818. The Bertz CT molecular complexity index is 309. The van der Waals surface area contributed by atoms with Crippen molar-refractivity contribution in [2.45, 2.75) is 51.6 Å². The van der Waals surface area contributed by atoms with Crippen molar-refractivity contribution in [1.29, 1.82) is 5.41 Å². The van der Waals surface area contributed by atoms with Crippen molar-refractivity contribution >= 4 is 11.9 Å². The highest BCUT2D eigenvalue weighted by molar-refractivity contribution is 6.08. The van der Waals surface area contributed by atoms with E-state index in [0.717, 1.165) is 19.3 Å². The van der Waals surface area contributed by atoms with Crippen molar-refractivity contribution < 1.29 is 4.79 Å². The Balaban J connectivity index is 2.24. The van der Waals surface area contributed by atoms with Gasteiger partial charge in [-0.3, -0.25) is 10.7 Å². The van der Waals surface area contributed by atoms with E-state index in [1.165, 1.54) is 0 Å². The minimum Gasteiger partial charge on any atom is -0.309 e. The Morgan fingerprint density at radius 3 is 2.67 bits per heavy atom. The van der Waals surface area contributed by atoms with Gasteiger partial charge < -0.3 is 4.90 Å². The van der Waals surface area contributed by atoms with Crippen molar-refractivity contribution in [3.8, 4) is 0 Å². The second kappa shape index (κ2) is 3.22. The molecule has 0 bridgehead atoms. The van der Waals surface area contributed by atoms with Gasteiger partial charge >= 0.3 is 6.03 Å². The third kappa shape index (κ3) is 1.62. The predicted molar refractivity (Wildman–Crippen MR) is 59.0 cm³/mol. The number of carbonyl (C=O) groups is 1. The third-order valence-electron chi connectivity index (χ3n) is 3.24. The molecule has 2 rings (SSSR count).